The Morgan fingerprint density at radius 3 is 2.51 bits per heavy atom. The summed E-state index contributed by atoms with van der Waals surface area (Å²) < 4.78 is 8.35. The van der Waals surface area contributed by atoms with E-state index in [4.69, 9.17) is 9.73 Å². The summed E-state index contributed by atoms with van der Waals surface area (Å²) in [7, 11) is 1.57. The van der Waals surface area contributed by atoms with Crippen LogP contribution in [0, 0.1) is 0 Å². The van der Waals surface area contributed by atoms with E-state index in [-0.39, 0.29) is 17.4 Å². The van der Waals surface area contributed by atoms with Gasteiger partial charge in [-0.05, 0) is 52.0 Å². The quantitative estimate of drug-likeness (QED) is 0.428. The number of nitrogens with zero attached hydrogens (tertiary/aromatic N) is 4. The molecule has 8 nitrogen and oxygen atoms in total. The summed E-state index contributed by atoms with van der Waals surface area (Å²) in [6.45, 7) is 9.07. The van der Waals surface area contributed by atoms with E-state index in [0.29, 0.717) is 62.7 Å². The van der Waals surface area contributed by atoms with Crippen LogP contribution in [0.3, 0.4) is 0 Å². The topological polar surface area (TPSA) is 84.2 Å². The maximum Gasteiger partial charge on any atom is 0.271 e. The Balaban J connectivity index is 1.86. The van der Waals surface area contributed by atoms with Gasteiger partial charge in [0.25, 0.3) is 17.4 Å². The number of ether oxygens (including phenoxy) is 1. The van der Waals surface area contributed by atoms with Crippen LogP contribution in [0.5, 0.6) is 5.75 Å². The third-order valence-corrected chi connectivity index (χ3v) is 8.78. The van der Waals surface area contributed by atoms with E-state index >= 15 is 0 Å². The molecule has 2 aliphatic heterocycles. The van der Waals surface area contributed by atoms with Gasteiger partial charge in [0.15, 0.2) is 4.80 Å². The van der Waals surface area contributed by atoms with Crippen LogP contribution in [-0.2, 0) is 9.59 Å². The van der Waals surface area contributed by atoms with Crippen LogP contribution in [-0.4, -0.2) is 48.0 Å². The Hall–Kier alpha value is -3.50. The number of rotatable bonds is 6. The molecule has 0 N–H and O–H groups in total. The SMILES string of the molecule is CCN(CC)C(=O)C1=C(C)N=c2s/c(=C3\C(=O)N(CC)c4ccc(Br)cc43)c(=O)n2[C@H]1c1ccccc1OC. The molecule has 3 heterocycles. The molecule has 0 saturated heterocycles. The van der Waals surface area contributed by atoms with Gasteiger partial charge in [-0.2, -0.15) is 0 Å². The van der Waals surface area contributed by atoms with Crippen molar-refractivity contribution in [2.24, 2.45) is 4.99 Å². The van der Waals surface area contributed by atoms with Crippen molar-refractivity contribution in [1.29, 1.82) is 0 Å². The Kier molecular flexibility index (Phi) is 7.35. The van der Waals surface area contributed by atoms with Crippen LogP contribution < -0.4 is 24.5 Å². The molecule has 0 aliphatic carbocycles. The summed E-state index contributed by atoms with van der Waals surface area (Å²) in [5, 5.41) is 0. The van der Waals surface area contributed by atoms with Crippen LogP contribution in [0.15, 0.2) is 68.0 Å². The molecule has 0 bridgehead atoms. The van der Waals surface area contributed by atoms with E-state index < -0.39 is 6.04 Å². The van der Waals surface area contributed by atoms with Crippen molar-refractivity contribution in [3.63, 3.8) is 0 Å². The van der Waals surface area contributed by atoms with Gasteiger partial charge >= 0.3 is 0 Å². The molecule has 1 aromatic heterocycles. The van der Waals surface area contributed by atoms with E-state index in [2.05, 4.69) is 15.9 Å². The number of carbonyl (C=O) groups is 2. The zero-order valence-electron chi connectivity index (χ0n) is 22.4. The third kappa shape index (κ3) is 4.26. The van der Waals surface area contributed by atoms with E-state index in [1.54, 1.807) is 28.4 Å². The van der Waals surface area contributed by atoms with Crippen LogP contribution >= 0.6 is 27.3 Å². The first-order valence-electron chi connectivity index (χ1n) is 12.9. The number of amides is 2. The molecule has 0 unspecified atom stereocenters. The third-order valence-electron chi connectivity index (χ3n) is 7.23. The predicted molar refractivity (Wildman–Crippen MR) is 156 cm³/mol. The van der Waals surface area contributed by atoms with Crippen molar-refractivity contribution in [3.05, 3.63) is 89.0 Å². The van der Waals surface area contributed by atoms with E-state index in [1.165, 1.54) is 11.3 Å². The Labute approximate surface area is 238 Å². The maximum absolute atomic E-state index is 14.3. The molecule has 2 aliphatic rings. The first-order valence-corrected chi connectivity index (χ1v) is 14.5. The largest absolute Gasteiger partial charge is 0.496 e. The number of methoxy groups -OCH3 is 1. The number of carbonyl (C=O) groups excluding carboxylic acids is 2. The summed E-state index contributed by atoms with van der Waals surface area (Å²) in [4.78, 5) is 50.4. The molecule has 3 aromatic rings. The highest BCUT2D eigenvalue weighted by Gasteiger charge is 2.38. The van der Waals surface area contributed by atoms with Gasteiger partial charge in [0.05, 0.1) is 29.6 Å². The smallest absolute Gasteiger partial charge is 0.271 e. The fraction of sp³-hybridized carbons (Fsp3) is 0.310. The lowest BCUT2D eigenvalue weighted by molar-refractivity contribution is -0.127. The highest BCUT2D eigenvalue weighted by atomic mass is 79.9. The highest BCUT2D eigenvalue weighted by Crippen LogP contribution is 2.38. The average Bonchev–Trinajstić information content (AvgIpc) is 3.39. The molecule has 39 heavy (non-hydrogen) atoms. The molecule has 1 atom stereocenters. The standard InChI is InChI=1S/C29H29BrN4O4S/c1-6-32(7-2)26(35)22-16(4)31-29-34(24(22)18-11-9-10-12-21(18)38-5)28(37)25(39-29)23-19-15-17(30)13-14-20(19)33(8-3)27(23)36/h9-15,24H,6-8H2,1-5H3/b25-23-/t24-/m0/s1. The number of hydrogen-bond donors (Lipinski definition) is 0. The molecule has 0 spiro atoms. The van der Waals surface area contributed by atoms with Crippen molar-refractivity contribution in [2.75, 3.05) is 31.6 Å². The Morgan fingerprint density at radius 1 is 1.13 bits per heavy atom. The first kappa shape index (κ1) is 27.1. The second-order valence-electron chi connectivity index (χ2n) is 9.21. The van der Waals surface area contributed by atoms with Crippen LogP contribution in [0.25, 0.3) is 5.57 Å². The Bertz CT molecular complexity index is 1720. The van der Waals surface area contributed by atoms with E-state index in [0.717, 1.165) is 10.2 Å². The molecule has 2 amide bonds. The lowest BCUT2D eigenvalue weighted by Gasteiger charge is -2.29. The normalized spacial score (nSPS) is 17.6. The zero-order valence-corrected chi connectivity index (χ0v) is 24.9. The van der Waals surface area contributed by atoms with Crippen molar-refractivity contribution < 1.29 is 14.3 Å². The number of aromatic nitrogens is 1. The molecule has 5 rings (SSSR count). The van der Waals surface area contributed by atoms with Gasteiger partial charge < -0.3 is 14.5 Å². The van der Waals surface area contributed by atoms with Gasteiger partial charge in [-0.3, -0.25) is 19.0 Å². The number of hydrogen-bond acceptors (Lipinski definition) is 6. The molecule has 0 fully saturated rings. The van der Waals surface area contributed by atoms with Gasteiger partial charge in [0.1, 0.15) is 16.3 Å². The summed E-state index contributed by atoms with van der Waals surface area (Å²) in [5.74, 6) is 0.155. The number of likely N-dealkylation sites (N-methyl/N-ethyl adjacent to an activating group) is 2. The lowest BCUT2D eigenvalue weighted by Crippen LogP contribution is -2.43. The van der Waals surface area contributed by atoms with Crippen LogP contribution in [0.2, 0.25) is 0 Å². The minimum absolute atomic E-state index is 0.182. The van der Waals surface area contributed by atoms with Gasteiger partial charge in [-0.15, -0.1) is 0 Å². The monoisotopic (exact) mass is 608 g/mol. The number of thiazole rings is 1. The van der Waals surface area contributed by atoms with Crippen molar-refractivity contribution in [3.8, 4) is 5.75 Å². The second kappa shape index (κ2) is 10.6. The summed E-state index contributed by atoms with van der Waals surface area (Å²) >= 11 is 4.69. The van der Waals surface area contributed by atoms with Crippen LogP contribution in [0.4, 0.5) is 5.69 Å². The van der Waals surface area contributed by atoms with E-state index in [9.17, 15) is 14.4 Å². The number of benzene rings is 2. The summed E-state index contributed by atoms with van der Waals surface area (Å²) in [6.07, 6.45) is 0. The van der Waals surface area contributed by atoms with Gasteiger partial charge in [0, 0.05) is 35.2 Å². The van der Waals surface area contributed by atoms with Gasteiger partial charge in [0.2, 0.25) is 0 Å². The molecular weight excluding hydrogens is 580 g/mol. The second-order valence-corrected chi connectivity index (χ2v) is 11.1. The lowest BCUT2D eigenvalue weighted by atomic mass is 9.94. The van der Waals surface area contributed by atoms with Crippen LogP contribution in [0.1, 0.15) is 44.9 Å². The summed E-state index contributed by atoms with van der Waals surface area (Å²) in [5.41, 5.74) is 3.10. The number of allylic oxidation sites excluding steroid dienone is 1. The average molecular weight is 610 g/mol. The van der Waals surface area contributed by atoms with Crippen molar-refractivity contribution in [1.82, 2.24) is 9.47 Å². The molecule has 2 aromatic carbocycles. The summed E-state index contributed by atoms with van der Waals surface area (Å²) in [6, 6.07) is 12.3. The van der Waals surface area contributed by atoms with Gasteiger partial charge in [-0.25, -0.2) is 4.99 Å². The van der Waals surface area contributed by atoms with Crippen molar-refractivity contribution >= 4 is 50.3 Å². The van der Waals surface area contributed by atoms with Gasteiger partial charge in [-0.1, -0.05) is 45.5 Å². The number of anilines is 1. The number of halogens is 1. The van der Waals surface area contributed by atoms with E-state index in [1.807, 2.05) is 63.2 Å². The highest BCUT2D eigenvalue weighted by molar-refractivity contribution is 9.10. The molecular formula is C29H29BrN4O4S. The maximum atomic E-state index is 14.3. The number of fused-ring (bicyclic) bond motifs is 2. The zero-order chi connectivity index (χ0) is 28.0. The first-order chi connectivity index (χ1) is 18.8. The molecule has 0 radical (unpaired) electrons. The number of para-hydroxylation sites is 1. The Morgan fingerprint density at radius 2 is 1.85 bits per heavy atom. The molecule has 10 heteroatoms. The fourth-order valence-electron chi connectivity index (χ4n) is 5.35. The molecule has 0 saturated carbocycles. The minimum Gasteiger partial charge on any atom is -0.496 e. The molecule has 202 valence electrons. The van der Waals surface area contributed by atoms with Crippen molar-refractivity contribution in [2.45, 2.75) is 33.7 Å². The minimum atomic E-state index is -0.763. The predicted octanol–water partition coefficient (Wildman–Crippen LogP) is 3.61. The fourth-order valence-corrected chi connectivity index (χ4v) is 6.85.